The Bertz CT molecular complexity index is 848. The molecule has 1 saturated heterocycles. The van der Waals surface area contributed by atoms with Crippen molar-refractivity contribution < 1.29 is 4.79 Å². The maximum Gasteiger partial charge on any atom is 0.228 e. The summed E-state index contributed by atoms with van der Waals surface area (Å²) < 4.78 is 0. The third-order valence-electron chi connectivity index (χ3n) is 5.34. The van der Waals surface area contributed by atoms with Crippen LogP contribution in [0, 0.1) is 17.2 Å². The van der Waals surface area contributed by atoms with E-state index in [1.165, 1.54) is 5.69 Å². The zero-order valence-electron chi connectivity index (χ0n) is 17.3. The van der Waals surface area contributed by atoms with E-state index in [9.17, 15) is 4.79 Å². The summed E-state index contributed by atoms with van der Waals surface area (Å²) in [7, 11) is 0. The lowest BCUT2D eigenvalue weighted by Gasteiger charge is -2.29. The Balaban J connectivity index is 1.81. The van der Waals surface area contributed by atoms with Crippen molar-refractivity contribution in [1.82, 2.24) is 10.6 Å². The topological polar surface area (TPSA) is 68.2 Å². The fraction of sp³-hybridized carbons (Fsp3) is 0.417. The molecule has 5 heteroatoms. The fourth-order valence-electron chi connectivity index (χ4n) is 3.84. The van der Waals surface area contributed by atoms with Crippen LogP contribution in [0.5, 0.6) is 0 Å². The Morgan fingerprint density at radius 1 is 1.14 bits per heavy atom. The van der Waals surface area contributed by atoms with Crippen LogP contribution in [0.3, 0.4) is 0 Å². The molecule has 1 aliphatic heterocycles. The van der Waals surface area contributed by atoms with Crippen molar-refractivity contribution in [3.8, 4) is 17.2 Å². The zero-order chi connectivity index (χ0) is 20.6. The van der Waals surface area contributed by atoms with Gasteiger partial charge in [0.2, 0.25) is 5.91 Å². The molecule has 0 radical (unpaired) electrons. The number of benzene rings is 2. The molecule has 29 heavy (non-hydrogen) atoms. The molecule has 0 aromatic heterocycles. The quantitative estimate of drug-likeness (QED) is 0.710. The molecule has 3 rings (SSSR count). The second-order valence-electron chi connectivity index (χ2n) is 7.97. The van der Waals surface area contributed by atoms with Gasteiger partial charge in [-0.1, -0.05) is 50.2 Å². The summed E-state index contributed by atoms with van der Waals surface area (Å²) in [4.78, 5) is 15.0. The van der Waals surface area contributed by atoms with Crippen LogP contribution >= 0.6 is 0 Å². The van der Waals surface area contributed by atoms with Crippen LogP contribution in [0.1, 0.15) is 31.7 Å². The van der Waals surface area contributed by atoms with Gasteiger partial charge in [0.15, 0.2) is 0 Å². The number of piperazine rings is 1. The van der Waals surface area contributed by atoms with Crippen molar-refractivity contribution in [2.24, 2.45) is 5.92 Å². The van der Waals surface area contributed by atoms with Gasteiger partial charge < -0.3 is 15.5 Å². The maximum atomic E-state index is 12.6. The molecular weight excluding hydrogens is 360 g/mol. The number of rotatable bonds is 7. The van der Waals surface area contributed by atoms with E-state index in [0.717, 1.165) is 49.3 Å². The largest absolute Gasteiger partial charge is 0.369 e. The third kappa shape index (κ3) is 5.58. The first-order valence-corrected chi connectivity index (χ1v) is 10.4. The predicted molar refractivity (Wildman–Crippen MR) is 118 cm³/mol. The second kappa shape index (κ2) is 10.1. The number of hydrogen-bond donors (Lipinski definition) is 2. The minimum atomic E-state index is -0.247. The summed E-state index contributed by atoms with van der Waals surface area (Å²) in [6, 6.07) is 18.9. The van der Waals surface area contributed by atoms with E-state index in [-0.39, 0.29) is 18.4 Å². The summed E-state index contributed by atoms with van der Waals surface area (Å²) >= 11 is 0. The highest BCUT2D eigenvalue weighted by Crippen LogP contribution is 2.29. The Labute approximate surface area is 173 Å². The van der Waals surface area contributed by atoms with E-state index in [4.69, 9.17) is 5.26 Å². The number of nitriles is 1. The average Bonchev–Trinajstić information content (AvgIpc) is 2.76. The predicted octanol–water partition coefficient (Wildman–Crippen LogP) is 3.53. The molecular formula is C24H30N4O. The monoisotopic (exact) mass is 390 g/mol. The normalized spacial score (nSPS) is 15.0. The average molecular weight is 391 g/mol. The standard InChI is InChI=1S/C24H30N4O/c1-18(2)16-23(24(29)27-11-10-25)21-5-3-4-20(17-21)19-6-8-22(9-7-19)28-14-12-26-13-15-28/h3-9,17-18,23,26H,11-16H2,1-2H3,(H,27,29). The zero-order valence-corrected chi connectivity index (χ0v) is 17.3. The molecule has 1 unspecified atom stereocenters. The van der Waals surface area contributed by atoms with Gasteiger partial charge in [0.25, 0.3) is 0 Å². The maximum absolute atomic E-state index is 12.6. The number of carbonyl (C=O) groups is 1. The van der Waals surface area contributed by atoms with Gasteiger partial charge in [0.05, 0.1) is 12.0 Å². The molecule has 5 nitrogen and oxygen atoms in total. The summed E-state index contributed by atoms with van der Waals surface area (Å²) in [6.45, 7) is 8.38. The summed E-state index contributed by atoms with van der Waals surface area (Å²) in [5.41, 5.74) is 4.50. The van der Waals surface area contributed by atoms with Crippen LogP contribution in [-0.4, -0.2) is 38.6 Å². The van der Waals surface area contributed by atoms with Gasteiger partial charge in [0, 0.05) is 31.9 Å². The summed E-state index contributed by atoms with van der Waals surface area (Å²) in [5.74, 6) is 0.0599. The van der Waals surface area contributed by atoms with Gasteiger partial charge in [-0.25, -0.2) is 0 Å². The summed E-state index contributed by atoms with van der Waals surface area (Å²) in [6.07, 6.45) is 0.753. The number of hydrogen-bond acceptors (Lipinski definition) is 4. The second-order valence-corrected chi connectivity index (χ2v) is 7.97. The molecule has 2 aromatic rings. The van der Waals surface area contributed by atoms with Crippen molar-refractivity contribution in [2.75, 3.05) is 37.6 Å². The Hall–Kier alpha value is -2.84. The Morgan fingerprint density at radius 2 is 1.86 bits per heavy atom. The van der Waals surface area contributed by atoms with Gasteiger partial charge >= 0.3 is 0 Å². The van der Waals surface area contributed by atoms with Gasteiger partial charge in [-0.15, -0.1) is 0 Å². The van der Waals surface area contributed by atoms with Crippen molar-refractivity contribution in [3.05, 3.63) is 54.1 Å². The van der Waals surface area contributed by atoms with Crippen molar-refractivity contribution >= 4 is 11.6 Å². The highest BCUT2D eigenvalue weighted by atomic mass is 16.1. The van der Waals surface area contributed by atoms with E-state index in [1.54, 1.807) is 0 Å². The summed E-state index contributed by atoms with van der Waals surface area (Å²) in [5, 5.41) is 14.9. The highest BCUT2D eigenvalue weighted by molar-refractivity contribution is 5.84. The number of nitrogens with zero attached hydrogens (tertiary/aromatic N) is 2. The minimum Gasteiger partial charge on any atom is -0.369 e. The van der Waals surface area contributed by atoms with E-state index in [2.05, 4.69) is 65.8 Å². The number of anilines is 1. The van der Waals surface area contributed by atoms with Crippen molar-refractivity contribution in [3.63, 3.8) is 0 Å². The molecule has 0 bridgehead atoms. The molecule has 2 N–H and O–H groups in total. The first kappa shape index (κ1) is 20.9. The first-order valence-electron chi connectivity index (χ1n) is 10.4. The van der Waals surface area contributed by atoms with Gasteiger partial charge in [-0.05, 0) is 41.2 Å². The Kier molecular flexibility index (Phi) is 7.26. The van der Waals surface area contributed by atoms with Crippen LogP contribution in [0.2, 0.25) is 0 Å². The number of amides is 1. The van der Waals surface area contributed by atoms with Crippen molar-refractivity contribution in [1.29, 1.82) is 5.26 Å². The van der Waals surface area contributed by atoms with Crippen LogP contribution < -0.4 is 15.5 Å². The molecule has 1 heterocycles. The smallest absolute Gasteiger partial charge is 0.228 e. The third-order valence-corrected chi connectivity index (χ3v) is 5.34. The van der Waals surface area contributed by atoms with E-state index >= 15 is 0 Å². The lowest BCUT2D eigenvalue weighted by atomic mass is 9.88. The molecule has 2 aromatic carbocycles. The van der Waals surface area contributed by atoms with Crippen molar-refractivity contribution in [2.45, 2.75) is 26.2 Å². The van der Waals surface area contributed by atoms with Gasteiger partial charge in [-0.2, -0.15) is 5.26 Å². The highest BCUT2D eigenvalue weighted by Gasteiger charge is 2.22. The lowest BCUT2D eigenvalue weighted by Crippen LogP contribution is -2.43. The van der Waals surface area contributed by atoms with Gasteiger partial charge in [-0.3, -0.25) is 4.79 Å². The molecule has 1 aliphatic rings. The van der Waals surface area contributed by atoms with E-state index in [1.807, 2.05) is 18.2 Å². The first-order chi connectivity index (χ1) is 14.1. The Morgan fingerprint density at radius 3 is 2.52 bits per heavy atom. The van der Waals surface area contributed by atoms with E-state index in [0.29, 0.717) is 5.92 Å². The van der Waals surface area contributed by atoms with Crippen LogP contribution in [0.25, 0.3) is 11.1 Å². The van der Waals surface area contributed by atoms with E-state index < -0.39 is 0 Å². The number of carbonyl (C=O) groups excluding carboxylic acids is 1. The molecule has 0 spiro atoms. The van der Waals surface area contributed by atoms with Crippen LogP contribution in [0.15, 0.2) is 48.5 Å². The van der Waals surface area contributed by atoms with Gasteiger partial charge in [0.1, 0.15) is 6.54 Å². The SMILES string of the molecule is CC(C)CC(C(=O)NCC#N)c1cccc(-c2ccc(N3CCNCC3)cc2)c1. The fourth-order valence-corrected chi connectivity index (χ4v) is 3.84. The lowest BCUT2D eigenvalue weighted by molar-refractivity contribution is -0.122. The van der Waals surface area contributed by atoms with Crippen LogP contribution in [0.4, 0.5) is 5.69 Å². The molecule has 0 aliphatic carbocycles. The number of nitrogens with one attached hydrogen (secondary N) is 2. The van der Waals surface area contributed by atoms with Crippen LogP contribution in [-0.2, 0) is 4.79 Å². The minimum absolute atomic E-state index is 0.0423. The molecule has 152 valence electrons. The molecule has 0 saturated carbocycles. The molecule has 1 atom stereocenters. The molecule has 1 amide bonds. The molecule has 1 fully saturated rings.